The number of furan rings is 1. The first-order valence-corrected chi connectivity index (χ1v) is 8.44. The van der Waals surface area contributed by atoms with E-state index in [4.69, 9.17) is 9.40 Å². The maximum atomic E-state index is 6.34. The molecule has 1 aliphatic rings. The fraction of sp³-hybridized carbons (Fsp3) is 0.318. The monoisotopic (exact) mass is 317 g/mol. The molecule has 122 valence electrons. The van der Waals surface area contributed by atoms with Gasteiger partial charge in [0.2, 0.25) is 0 Å². The van der Waals surface area contributed by atoms with E-state index in [1.54, 1.807) is 0 Å². The summed E-state index contributed by atoms with van der Waals surface area (Å²) in [5, 5.41) is 2.35. The van der Waals surface area contributed by atoms with Crippen molar-refractivity contribution in [1.82, 2.24) is 4.98 Å². The van der Waals surface area contributed by atoms with Crippen LogP contribution in [0.2, 0.25) is 0 Å². The Morgan fingerprint density at radius 3 is 2.38 bits per heavy atom. The van der Waals surface area contributed by atoms with Crippen molar-refractivity contribution in [2.24, 2.45) is 0 Å². The Kier molecular flexibility index (Phi) is 2.91. The molecule has 0 atom stereocenters. The van der Waals surface area contributed by atoms with Crippen LogP contribution in [0, 0.1) is 13.8 Å². The summed E-state index contributed by atoms with van der Waals surface area (Å²) in [5.41, 5.74) is 9.82. The van der Waals surface area contributed by atoms with Gasteiger partial charge in [0.05, 0.1) is 11.1 Å². The Balaban J connectivity index is 2.39. The van der Waals surface area contributed by atoms with Gasteiger partial charge in [-0.05, 0) is 44.4 Å². The van der Waals surface area contributed by atoms with Gasteiger partial charge in [-0.25, -0.2) is 0 Å². The van der Waals surface area contributed by atoms with Gasteiger partial charge in [0, 0.05) is 28.1 Å². The molecule has 0 saturated heterocycles. The summed E-state index contributed by atoms with van der Waals surface area (Å²) in [7, 11) is 0. The molecule has 1 aromatic carbocycles. The van der Waals surface area contributed by atoms with Crippen molar-refractivity contribution in [2.75, 3.05) is 0 Å². The molecule has 0 saturated carbocycles. The standard InChI is InChI=1S/C22H23NO/c1-11(2)16-14(5)22(6,7)15-9-8-12(3)20-17(15)18-19(16)23-10-13(4)21(18)24-20/h8-10H,5H2,1-4,6-7H3. The van der Waals surface area contributed by atoms with E-state index in [9.17, 15) is 0 Å². The molecule has 0 N–H and O–H groups in total. The molecule has 2 aromatic heterocycles. The zero-order chi connectivity index (χ0) is 17.4. The molecule has 0 unspecified atom stereocenters. The summed E-state index contributed by atoms with van der Waals surface area (Å²) < 4.78 is 6.34. The molecule has 0 fully saturated rings. The average molecular weight is 317 g/mol. The van der Waals surface area contributed by atoms with Crippen LogP contribution < -0.4 is 0 Å². The molecule has 0 aliphatic heterocycles. The van der Waals surface area contributed by atoms with Crippen molar-refractivity contribution in [3.63, 3.8) is 0 Å². The van der Waals surface area contributed by atoms with Crippen LogP contribution in [-0.4, -0.2) is 4.98 Å². The van der Waals surface area contributed by atoms with Gasteiger partial charge in [-0.2, -0.15) is 0 Å². The molecule has 0 radical (unpaired) electrons. The van der Waals surface area contributed by atoms with Gasteiger partial charge in [0.1, 0.15) is 11.2 Å². The van der Waals surface area contributed by atoms with Crippen LogP contribution in [0.5, 0.6) is 0 Å². The molecule has 1 aliphatic carbocycles. The topological polar surface area (TPSA) is 26.0 Å². The Labute approximate surface area is 142 Å². The molecule has 2 heteroatoms. The molecule has 0 bridgehead atoms. The molecule has 24 heavy (non-hydrogen) atoms. The fourth-order valence-corrected chi connectivity index (χ4v) is 3.99. The lowest BCUT2D eigenvalue weighted by molar-refractivity contribution is 0.642. The summed E-state index contributed by atoms with van der Waals surface area (Å²) >= 11 is 0. The summed E-state index contributed by atoms with van der Waals surface area (Å²) in [5.74, 6) is 0. The zero-order valence-electron chi connectivity index (χ0n) is 15.3. The van der Waals surface area contributed by atoms with E-state index >= 15 is 0 Å². The first-order chi connectivity index (χ1) is 11.2. The molecule has 3 aromatic rings. The summed E-state index contributed by atoms with van der Waals surface area (Å²) in [6.45, 7) is 17.4. The maximum Gasteiger partial charge on any atom is 0.142 e. The van der Waals surface area contributed by atoms with Crippen LogP contribution in [0.1, 0.15) is 50.1 Å². The maximum absolute atomic E-state index is 6.34. The third-order valence-electron chi connectivity index (χ3n) is 5.48. The van der Waals surface area contributed by atoms with Gasteiger partial charge in [-0.3, -0.25) is 4.98 Å². The molecule has 4 rings (SSSR count). The highest BCUT2D eigenvalue weighted by Crippen LogP contribution is 2.50. The molecule has 0 spiro atoms. The lowest BCUT2D eigenvalue weighted by Crippen LogP contribution is -2.20. The Bertz CT molecular complexity index is 1070. The van der Waals surface area contributed by atoms with Gasteiger partial charge >= 0.3 is 0 Å². The highest BCUT2D eigenvalue weighted by atomic mass is 16.3. The number of nitrogens with zero attached hydrogens (tertiary/aromatic N) is 1. The van der Waals surface area contributed by atoms with Gasteiger partial charge in [-0.1, -0.05) is 38.1 Å². The summed E-state index contributed by atoms with van der Waals surface area (Å²) in [4.78, 5) is 4.82. The number of aryl methyl sites for hydroxylation is 2. The third-order valence-corrected chi connectivity index (χ3v) is 5.48. The highest BCUT2D eigenvalue weighted by Gasteiger charge is 2.36. The average Bonchev–Trinajstić information content (AvgIpc) is 2.88. The molecule has 2 nitrogen and oxygen atoms in total. The number of pyridine rings is 1. The van der Waals surface area contributed by atoms with Crippen molar-refractivity contribution in [3.05, 3.63) is 58.4 Å². The van der Waals surface area contributed by atoms with Crippen molar-refractivity contribution in [1.29, 1.82) is 0 Å². The van der Waals surface area contributed by atoms with Gasteiger partial charge < -0.3 is 4.42 Å². The van der Waals surface area contributed by atoms with E-state index in [1.807, 2.05) is 6.20 Å². The number of benzene rings is 1. The van der Waals surface area contributed by atoms with Gasteiger partial charge in [0.25, 0.3) is 0 Å². The van der Waals surface area contributed by atoms with Crippen molar-refractivity contribution < 1.29 is 4.42 Å². The van der Waals surface area contributed by atoms with Gasteiger partial charge in [-0.15, -0.1) is 0 Å². The summed E-state index contributed by atoms with van der Waals surface area (Å²) in [6, 6.07) is 4.39. The predicted octanol–water partition coefficient (Wildman–Crippen LogP) is 6.24. The zero-order valence-corrected chi connectivity index (χ0v) is 15.3. The minimum atomic E-state index is -0.177. The number of rotatable bonds is 0. The van der Waals surface area contributed by atoms with E-state index < -0.39 is 0 Å². The second-order valence-electron chi connectivity index (χ2n) is 7.71. The number of allylic oxidation sites excluding steroid dienone is 3. The van der Waals surface area contributed by atoms with Crippen molar-refractivity contribution in [3.8, 4) is 0 Å². The molecule has 0 amide bonds. The predicted molar refractivity (Wildman–Crippen MR) is 101 cm³/mol. The molecule has 2 heterocycles. The third kappa shape index (κ3) is 1.69. The normalized spacial score (nSPS) is 16.2. The second kappa shape index (κ2) is 4.60. The Hall–Kier alpha value is -2.35. The van der Waals surface area contributed by atoms with E-state index in [0.717, 1.165) is 38.9 Å². The lowest BCUT2D eigenvalue weighted by Gasteiger charge is -2.29. The quantitative estimate of drug-likeness (QED) is 0.490. The van der Waals surface area contributed by atoms with Crippen molar-refractivity contribution in [2.45, 2.75) is 47.0 Å². The largest absolute Gasteiger partial charge is 0.455 e. The minimum absolute atomic E-state index is 0.177. The first kappa shape index (κ1) is 15.2. The van der Waals surface area contributed by atoms with Crippen LogP contribution in [0.15, 0.2) is 40.5 Å². The number of aromatic nitrogens is 1. The Morgan fingerprint density at radius 1 is 1.04 bits per heavy atom. The van der Waals surface area contributed by atoms with Crippen LogP contribution in [0.3, 0.4) is 0 Å². The van der Waals surface area contributed by atoms with Crippen molar-refractivity contribution >= 4 is 27.5 Å². The lowest BCUT2D eigenvalue weighted by atomic mass is 9.74. The fourth-order valence-electron chi connectivity index (χ4n) is 3.99. The van der Waals surface area contributed by atoms with E-state index in [1.165, 1.54) is 22.1 Å². The second-order valence-corrected chi connectivity index (χ2v) is 7.71. The van der Waals surface area contributed by atoms with E-state index in [2.05, 4.69) is 60.3 Å². The molecular formula is C22H23NO. The van der Waals surface area contributed by atoms with Gasteiger partial charge in [0.15, 0.2) is 0 Å². The minimum Gasteiger partial charge on any atom is -0.455 e. The smallest absolute Gasteiger partial charge is 0.142 e. The van der Waals surface area contributed by atoms with E-state index in [-0.39, 0.29) is 5.41 Å². The van der Waals surface area contributed by atoms with Crippen LogP contribution in [0.25, 0.3) is 27.5 Å². The highest BCUT2D eigenvalue weighted by molar-refractivity contribution is 6.15. The first-order valence-electron chi connectivity index (χ1n) is 8.44. The SMILES string of the molecule is C=C1C(=C(C)C)c2ncc(C)c3oc4c(C)ccc(c4c23)C1(C)C. The van der Waals surface area contributed by atoms with Crippen LogP contribution >= 0.6 is 0 Å². The summed E-state index contributed by atoms with van der Waals surface area (Å²) in [6.07, 6.45) is 1.92. The van der Waals surface area contributed by atoms with Crippen LogP contribution in [0.4, 0.5) is 0 Å². The van der Waals surface area contributed by atoms with Crippen LogP contribution in [-0.2, 0) is 5.41 Å². The van der Waals surface area contributed by atoms with E-state index in [0.29, 0.717) is 0 Å². The Morgan fingerprint density at radius 2 is 1.71 bits per heavy atom. The number of hydrogen-bond acceptors (Lipinski definition) is 2. The number of hydrogen-bond donors (Lipinski definition) is 0. The molecular weight excluding hydrogens is 294 g/mol.